The van der Waals surface area contributed by atoms with Crippen molar-refractivity contribution in [1.82, 2.24) is 4.90 Å². The van der Waals surface area contributed by atoms with E-state index >= 15 is 0 Å². The van der Waals surface area contributed by atoms with E-state index in [4.69, 9.17) is 15.7 Å². The molecule has 0 aromatic rings. The Morgan fingerprint density at radius 2 is 2.17 bits per heavy atom. The van der Waals surface area contributed by atoms with Crippen LogP contribution in [0.25, 0.3) is 0 Å². The maximum absolute atomic E-state index is 8.44. The van der Waals surface area contributed by atoms with Crippen molar-refractivity contribution in [2.24, 2.45) is 10.9 Å². The molecule has 0 aromatic heterocycles. The van der Waals surface area contributed by atoms with Crippen LogP contribution in [0.4, 0.5) is 0 Å². The van der Waals surface area contributed by atoms with Gasteiger partial charge >= 0.3 is 0 Å². The SMILES string of the molecule is C[C@H](/C(N)=N\O)N1CCOCC1. The standard InChI is InChI=1S/C7H15N3O2/c1-6(7(8)9-11)10-2-4-12-5-3-10/h6,11H,2-5H2,1H3,(H2,8,9)/t6-/m1/s1. The van der Waals surface area contributed by atoms with Crippen molar-refractivity contribution < 1.29 is 9.94 Å². The van der Waals surface area contributed by atoms with E-state index in [0.29, 0.717) is 0 Å². The van der Waals surface area contributed by atoms with Gasteiger partial charge < -0.3 is 15.7 Å². The highest BCUT2D eigenvalue weighted by Gasteiger charge is 2.19. The highest BCUT2D eigenvalue weighted by Crippen LogP contribution is 2.02. The highest BCUT2D eigenvalue weighted by molar-refractivity contribution is 5.84. The monoisotopic (exact) mass is 173 g/mol. The van der Waals surface area contributed by atoms with Crippen LogP contribution in [0.2, 0.25) is 0 Å². The fraction of sp³-hybridized carbons (Fsp3) is 0.857. The van der Waals surface area contributed by atoms with Crippen molar-refractivity contribution in [1.29, 1.82) is 0 Å². The van der Waals surface area contributed by atoms with Crippen molar-refractivity contribution in [2.45, 2.75) is 13.0 Å². The summed E-state index contributed by atoms with van der Waals surface area (Å²) in [6, 6.07) is -0.00102. The molecule has 5 heteroatoms. The third kappa shape index (κ3) is 2.09. The number of amidine groups is 1. The Labute approximate surface area is 71.8 Å². The number of nitrogens with zero attached hydrogens (tertiary/aromatic N) is 2. The summed E-state index contributed by atoms with van der Waals surface area (Å²) >= 11 is 0. The molecule has 1 heterocycles. The van der Waals surface area contributed by atoms with Crippen molar-refractivity contribution >= 4 is 5.84 Å². The van der Waals surface area contributed by atoms with Gasteiger partial charge in [0.2, 0.25) is 0 Å². The lowest BCUT2D eigenvalue weighted by Crippen LogP contribution is -2.48. The van der Waals surface area contributed by atoms with E-state index in [1.54, 1.807) is 0 Å². The molecule has 1 atom stereocenters. The molecule has 0 unspecified atom stereocenters. The lowest BCUT2D eigenvalue weighted by atomic mass is 10.2. The minimum atomic E-state index is -0.00102. The van der Waals surface area contributed by atoms with E-state index in [9.17, 15) is 0 Å². The average Bonchev–Trinajstić information content (AvgIpc) is 2.17. The normalized spacial score (nSPS) is 23.9. The van der Waals surface area contributed by atoms with Gasteiger partial charge in [-0.2, -0.15) is 0 Å². The van der Waals surface area contributed by atoms with E-state index in [0.717, 1.165) is 26.3 Å². The molecule has 1 saturated heterocycles. The van der Waals surface area contributed by atoms with Crippen molar-refractivity contribution in [3.8, 4) is 0 Å². The fourth-order valence-electron chi connectivity index (χ4n) is 1.24. The number of oxime groups is 1. The van der Waals surface area contributed by atoms with E-state index < -0.39 is 0 Å². The predicted molar refractivity (Wildman–Crippen MR) is 45.3 cm³/mol. The van der Waals surface area contributed by atoms with Gasteiger partial charge in [-0.05, 0) is 6.92 Å². The summed E-state index contributed by atoms with van der Waals surface area (Å²) in [6.45, 7) is 5.06. The van der Waals surface area contributed by atoms with Crippen molar-refractivity contribution in [2.75, 3.05) is 26.3 Å². The van der Waals surface area contributed by atoms with Gasteiger partial charge in [-0.25, -0.2) is 0 Å². The largest absolute Gasteiger partial charge is 0.409 e. The number of ether oxygens (including phenoxy) is 1. The van der Waals surface area contributed by atoms with Crippen molar-refractivity contribution in [3.63, 3.8) is 0 Å². The minimum Gasteiger partial charge on any atom is -0.409 e. The summed E-state index contributed by atoms with van der Waals surface area (Å²) in [5.74, 6) is 0.261. The Bertz CT molecular complexity index is 166. The molecule has 0 amide bonds. The van der Waals surface area contributed by atoms with Crippen molar-refractivity contribution in [3.05, 3.63) is 0 Å². The molecule has 1 fully saturated rings. The zero-order valence-corrected chi connectivity index (χ0v) is 7.23. The van der Waals surface area contributed by atoms with Gasteiger partial charge in [-0.15, -0.1) is 0 Å². The van der Waals surface area contributed by atoms with Crippen LogP contribution in [0.1, 0.15) is 6.92 Å². The first-order valence-corrected chi connectivity index (χ1v) is 4.05. The Hall–Kier alpha value is -0.810. The van der Waals surface area contributed by atoms with Crippen LogP contribution >= 0.6 is 0 Å². The molecular formula is C7H15N3O2. The molecule has 0 radical (unpaired) electrons. The Morgan fingerprint density at radius 3 is 2.67 bits per heavy atom. The Kier molecular flexibility index (Phi) is 3.31. The van der Waals surface area contributed by atoms with E-state index in [-0.39, 0.29) is 11.9 Å². The predicted octanol–water partition coefficient (Wildman–Crippen LogP) is -0.546. The lowest BCUT2D eigenvalue weighted by Gasteiger charge is -2.31. The van der Waals surface area contributed by atoms with Gasteiger partial charge in [-0.3, -0.25) is 4.90 Å². The van der Waals surface area contributed by atoms with E-state index in [2.05, 4.69) is 10.1 Å². The minimum absolute atomic E-state index is 0.00102. The van der Waals surface area contributed by atoms with Crippen LogP contribution in [0.3, 0.4) is 0 Å². The van der Waals surface area contributed by atoms with Gasteiger partial charge in [0.1, 0.15) is 0 Å². The van der Waals surface area contributed by atoms with Gasteiger partial charge in [0.05, 0.1) is 19.3 Å². The molecule has 0 aromatic carbocycles. The van der Waals surface area contributed by atoms with E-state index in [1.807, 2.05) is 6.92 Å². The number of hydrogen-bond donors (Lipinski definition) is 2. The number of rotatable bonds is 2. The zero-order chi connectivity index (χ0) is 8.97. The van der Waals surface area contributed by atoms with Crippen LogP contribution in [0, 0.1) is 0 Å². The molecule has 1 aliphatic heterocycles. The summed E-state index contributed by atoms with van der Waals surface area (Å²) in [7, 11) is 0. The van der Waals surface area contributed by atoms with Crippen LogP contribution in [-0.2, 0) is 4.74 Å². The molecule has 5 nitrogen and oxygen atoms in total. The molecule has 12 heavy (non-hydrogen) atoms. The molecule has 1 rings (SSSR count). The van der Waals surface area contributed by atoms with Gasteiger partial charge in [0.25, 0.3) is 0 Å². The maximum atomic E-state index is 8.44. The smallest absolute Gasteiger partial charge is 0.156 e. The van der Waals surface area contributed by atoms with Crippen LogP contribution in [0.15, 0.2) is 5.16 Å². The Morgan fingerprint density at radius 1 is 1.58 bits per heavy atom. The Balaban J connectivity index is 2.44. The third-order valence-corrected chi connectivity index (χ3v) is 2.14. The van der Waals surface area contributed by atoms with Gasteiger partial charge in [0.15, 0.2) is 5.84 Å². The lowest BCUT2D eigenvalue weighted by molar-refractivity contribution is 0.0311. The third-order valence-electron chi connectivity index (χ3n) is 2.14. The summed E-state index contributed by atoms with van der Waals surface area (Å²) in [4.78, 5) is 2.12. The molecule has 70 valence electrons. The second kappa shape index (κ2) is 4.27. The second-order valence-corrected chi connectivity index (χ2v) is 2.85. The summed E-state index contributed by atoms with van der Waals surface area (Å²) in [5, 5.41) is 11.4. The molecule has 0 aliphatic carbocycles. The first kappa shape index (κ1) is 9.28. The maximum Gasteiger partial charge on any atom is 0.156 e. The average molecular weight is 173 g/mol. The number of morpholine rings is 1. The van der Waals surface area contributed by atoms with Crippen LogP contribution < -0.4 is 5.73 Å². The molecular weight excluding hydrogens is 158 g/mol. The van der Waals surface area contributed by atoms with Gasteiger partial charge in [-0.1, -0.05) is 5.16 Å². The molecule has 3 N–H and O–H groups in total. The fourth-order valence-corrected chi connectivity index (χ4v) is 1.24. The second-order valence-electron chi connectivity index (χ2n) is 2.85. The zero-order valence-electron chi connectivity index (χ0n) is 7.23. The molecule has 0 bridgehead atoms. The van der Waals surface area contributed by atoms with E-state index in [1.165, 1.54) is 0 Å². The highest BCUT2D eigenvalue weighted by atomic mass is 16.5. The summed E-state index contributed by atoms with van der Waals surface area (Å²) < 4.78 is 5.18. The quantitative estimate of drug-likeness (QED) is 0.254. The van der Waals surface area contributed by atoms with Crippen LogP contribution in [0.5, 0.6) is 0 Å². The van der Waals surface area contributed by atoms with Crippen LogP contribution in [-0.4, -0.2) is 48.3 Å². The molecule has 0 spiro atoms. The number of hydrogen-bond acceptors (Lipinski definition) is 4. The topological polar surface area (TPSA) is 71.1 Å². The molecule has 1 aliphatic rings. The first-order valence-electron chi connectivity index (χ1n) is 4.05. The summed E-state index contributed by atoms with van der Waals surface area (Å²) in [5.41, 5.74) is 5.46. The first-order chi connectivity index (χ1) is 5.75. The number of nitrogens with two attached hydrogens (primary N) is 1. The summed E-state index contributed by atoms with van der Waals surface area (Å²) in [6.07, 6.45) is 0. The molecule has 0 saturated carbocycles. The van der Waals surface area contributed by atoms with Gasteiger partial charge in [0, 0.05) is 13.1 Å².